The van der Waals surface area contributed by atoms with Gasteiger partial charge in [-0.1, -0.05) is 0 Å². The first-order valence-corrected chi connectivity index (χ1v) is 9.04. The SMILES string of the molecule is COc1cc(N2CCC[C@@H](C(=O)N3CCN(C)CC3)C2)ccc1[N+](=O)[O-]. The molecule has 8 heteroatoms. The highest BCUT2D eigenvalue weighted by molar-refractivity contribution is 5.80. The molecular weight excluding hydrogens is 336 g/mol. The summed E-state index contributed by atoms with van der Waals surface area (Å²) in [6.07, 6.45) is 1.83. The van der Waals surface area contributed by atoms with E-state index in [9.17, 15) is 14.9 Å². The number of hydrogen-bond acceptors (Lipinski definition) is 6. The third-order valence-electron chi connectivity index (χ3n) is 5.31. The number of hydrogen-bond donors (Lipinski definition) is 0. The van der Waals surface area contributed by atoms with Crippen molar-refractivity contribution >= 4 is 17.3 Å². The van der Waals surface area contributed by atoms with E-state index in [-0.39, 0.29) is 23.3 Å². The van der Waals surface area contributed by atoms with Crippen LogP contribution in [0.4, 0.5) is 11.4 Å². The number of carbonyl (C=O) groups is 1. The lowest BCUT2D eigenvalue weighted by molar-refractivity contribution is -0.385. The Morgan fingerprint density at radius 2 is 1.96 bits per heavy atom. The molecule has 1 amide bonds. The first kappa shape index (κ1) is 18.4. The molecule has 0 aromatic heterocycles. The van der Waals surface area contributed by atoms with Gasteiger partial charge in [-0.05, 0) is 26.0 Å². The molecule has 0 aliphatic carbocycles. The number of piperidine rings is 1. The summed E-state index contributed by atoms with van der Waals surface area (Å²) in [6, 6.07) is 4.91. The number of nitro groups is 1. The Morgan fingerprint density at radius 3 is 2.62 bits per heavy atom. The van der Waals surface area contributed by atoms with Gasteiger partial charge in [0, 0.05) is 57.1 Å². The summed E-state index contributed by atoms with van der Waals surface area (Å²) in [5.41, 5.74) is 0.821. The molecule has 142 valence electrons. The van der Waals surface area contributed by atoms with Gasteiger partial charge in [0.2, 0.25) is 5.91 Å². The summed E-state index contributed by atoms with van der Waals surface area (Å²) >= 11 is 0. The van der Waals surface area contributed by atoms with Crippen molar-refractivity contribution in [2.75, 3.05) is 58.3 Å². The number of amides is 1. The lowest BCUT2D eigenvalue weighted by atomic mass is 9.95. The Morgan fingerprint density at radius 1 is 1.23 bits per heavy atom. The molecule has 8 nitrogen and oxygen atoms in total. The number of rotatable bonds is 4. The maximum atomic E-state index is 12.9. The van der Waals surface area contributed by atoms with Crippen LogP contribution in [0.2, 0.25) is 0 Å². The number of nitrogens with zero attached hydrogens (tertiary/aromatic N) is 4. The van der Waals surface area contributed by atoms with E-state index in [4.69, 9.17) is 4.74 Å². The van der Waals surface area contributed by atoms with Gasteiger partial charge in [0.1, 0.15) is 0 Å². The van der Waals surface area contributed by atoms with Gasteiger partial charge in [-0.2, -0.15) is 0 Å². The summed E-state index contributed by atoms with van der Waals surface area (Å²) < 4.78 is 5.17. The molecule has 0 bridgehead atoms. The molecule has 2 aliphatic heterocycles. The predicted molar refractivity (Wildman–Crippen MR) is 98.7 cm³/mol. The number of nitro benzene ring substituents is 1. The second-order valence-electron chi connectivity index (χ2n) is 7.03. The largest absolute Gasteiger partial charge is 0.490 e. The van der Waals surface area contributed by atoms with Gasteiger partial charge in [0.05, 0.1) is 18.0 Å². The molecule has 0 radical (unpaired) electrons. The second-order valence-corrected chi connectivity index (χ2v) is 7.03. The molecule has 0 unspecified atom stereocenters. The first-order valence-electron chi connectivity index (χ1n) is 9.04. The van der Waals surface area contributed by atoms with Crippen molar-refractivity contribution in [3.63, 3.8) is 0 Å². The normalized spacial score (nSPS) is 21.5. The Balaban J connectivity index is 1.70. The fourth-order valence-corrected chi connectivity index (χ4v) is 3.71. The molecule has 26 heavy (non-hydrogen) atoms. The highest BCUT2D eigenvalue weighted by atomic mass is 16.6. The van der Waals surface area contributed by atoms with E-state index in [0.717, 1.165) is 51.3 Å². The van der Waals surface area contributed by atoms with Crippen molar-refractivity contribution in [1.29, 1.82) is 0 Å². The predicted octanol–water partition coefficient (Wildman–Crippen LogP) is 1.59. The third kappa shape index (κ3) is 3.90. The molecule has 0 saturated carbocycles. The minimum Gasteiger partial charge on any atom is -0.490 e. The van der Waals surface area contributed by atoms with Crippen LogP contribution in [0.3, 0.4) is 0 Å². The number of methoxy groups -OCH3 is 1. The maximum Gasteiger partial charge on any atom is 0.311 e. The van der Waals surface area contributed by atoms with Crippen molar-refractivity contribution in [3.05, 3.63) is 28.3 Å². The zero-order chi connectivity index (χ0) is 18.7. The monoisotopic (exact) mass is 362 g/mol. The van der Waals surface area contributed by atoms with Crippen molar-refractivity contribution < 1.29 is 14.5 Å². The van der Waals surface area contributed by atoms with Crippen molar-refractivity contribution in [1.82, 2.24) is 9.80 Å². The fourth-order valence-electron chi connectivity index (χ4n) is 3.71. The van der Waals surface area contributed by atoms with Crippen LogP contribution in [0.5, 0.6) is 5.75 Å². The smallest absolute Gasteiger partial charge is 0.311 e. The molecule has 1 atom stereocenters. The van der Waals surface area contributed by atoms with Crippen molar-refractivity contribution in [3.8, 4) is 5.75 Å². The fraction of sp³-hybridized carbons (Fsp3) is 0.611. The summed E-state index contributed by atoms with van der Waals surface area (Å²) in [5.74, 6) is 0.463. The maximum absolute atomic E-state index is 12.9. The molecular formula is C18H26N4O4. The number of likely N-dealkylation sites (N-methyl/N-ethyl adjacent to an activating group) is 1. The molecule has 3 rings (SSSR count). The summed E-state index contributed by atoms with van der Waals surface area (Å²) in [7, 11) is 3.51. The molecule has 1 aromatic carbocycles. The first-order chi connectivity index (χ1) is 12.5. The van der Waals surface area contributed by atoms with E-state index in [1.54, 1.807) is 12.1 Å². The number of carbonyl (C=O) groups excluding carboxylic acids is 1. The quantitative estimate of drug-likeness (QED) is 0.598. The van der Waals surface area contributed by atoms with Crippen LogP contribution in [0.15, 0.2) is 18.2 Å². The van der Waals surface area contributed by atoms with Crippen LogP contribution in [0, 0.1) is 16.0 Å². The Bertz CT molecular complexity index is 673. The van der Waals surface area contributed by atoms with Crippen LogP contribution in [0.25, 0.3) is 0 Å². The molecule has 0 N–H and O–H groups in total. The lowest BCUT2D eigenvalue weighted by Crippen LogP contribution is -2.51. The van der Waals surface area contributed by atoms with Crippen LogP contribution < -0.4 is 9.64 Å². The summed E-state index contributed by atoms with van der Waals surface area (Å²) in [5, 5.41) is 11.1. The van der Waals surface area contributed by atoms with Gasteiger partial charge in [-0.3, -0.25) is 14.9 Å². The van der Waals surface area contributed by atoms with E-state index in [1.165, 1.54) is 13.2 Å². The number of ether oxygens (including phenoxy) is 1. The topological polar surface area (TPSA) is 79.2 Å². The second kappa shape index (κ2) is 7.90. The highest BCUT2D eigenvalue weighted by Crippen LogP contribution is 2.33. The zero-order valence-corrected chi connectivity index (χ0v) is 15.4. The van der Waals surface area contributed by atoms with Crippen LogP contribution in [-0.4, -0.2) is 74.1 Å². The minimum absolute atomic E-state index is 0.0201. The average Bonchev–Trinajstić information content (AvgIpc) is 2.67. The van der Waals surface area contributed by atoms with Gasteiger partial charge < -0.3 is 19.4 Å². The average molecular weight is 362 g/mol. The molecule has 2 saturated heterocycles. The van der Waals surface area contributed by atoms with E-state index in [0.29, 0.717) is 6.54 Å². The van der Waals surface area contributed by atoms with E-state index < -0.39 is 4.92 Å². The molecule has 2 fully saturated rings. The van der Waals surface area contributed by atoms with E-state index in [1.807, 2.05) is 4.90 Å². The Hall–Kier alpha value is -2.35. The van der Waals surface area contributed by atoms with Crippen LogP contribution >= 0.6 is 0 Å². The van der Waals surface area contributed by atoms with E-state index in [2.05, 4.69) is 16.8 Å². The third-order valence-corrected chi connectivity index (χ3v) is 5.31. The number of piperazine rings is 1. The minimum atomic E-state index is -0.446. The Labute approximate surface area is 153 Å². The zero-order valence-electron chi connectivity index (χ0n) is 15.4. The van der Waals surface area contributed by atoms with Crippen molar-refractivity contribution in [2.45, 2.75) is 12.8 Å². The van der Waals surface area contributed by atoms with Gasteiger partial charge in [0.15, 0.2) is 5.75 Å². The van der Waals surface area contributed by atoms with Gasteiger partial charge in [0.25, 0.3) is 0 Å². The van der Waals surface area contributed by atoms with Crippen LogP contribution in [-0.2, 0) is 4.79 Å². The molecule has 2 heterocycles. The van der Waals surface area contributed by atoms with Crippen LogP contribution in [0.1, 0.15) is 12.8 Å². The van der Waals surface area contributed by atoms with E-state index >= 15 is 0 Å². The Kier molecular flexibility index (Phi) is 5.61. The number of benzene rings is 1. The van der Waals surface area contributed by atoms with Gasteiger partial charge >= 0.3 is 5.69 Å². The number of anilines is 1. The molecule has 1 aromatic rings. The lowest BCUT2D eigenvalue weighted by Gasteiger charge is -2.38. The summed E-state index contributed by atoms with van der Waals surface area (Å²) in [4.78, 5) is 29.8. The van der Waals surface area contributed by atoms with Gasteiger partial charge in [-0.15, -0.1) is 0 Å². The standard InChI is InChI=1S/C18H26N4O4/c1-19-8-10-20(11-9-19)18(23)14-4-3-7-21(13-14)15-5-6-16(22(24)25)17(12-15)26-2/h5-6,12,14H,3-4,7-11,13H2,1-2H3/t14-/m1/s1. The molecule has 2 aliphatic rings. The molecule has 0 spiro atoms. The highest BCUT2D eigenvalue weighted by Gasteiger charge is 2.31. The van der Waals surface area contributed by atoms with Crippen molar-refractivity contribution in [2.24, 2.45) is 5.92 Å². The van der Waals surface area contributed by atoms with Gasteiger partial charge in [-0.25, -0.2) is 0 Å². The summed E-state index contributed by atoms with van der Waals surface area (Å²) in [6.45, 7) is 4.90.